The van der Waals surface area contributed by atoms with E-state index >= 15 is 0 Å². The summed E-state index contributed by atoms with van der Waals surface area (Å²) in [5.41, 5.74) is 4.40. The highest BCUT2D eigenvalue weighted by Gasteiger charge is 2.26. The molecule has 0 amide bonds. The highest BCUT2D eigenvalue weighted by Crippen LogP contribution is 2.24. The molecule has 0 radical (unpaired) electrons. The van der Waals surface area contributed by atoms with Crippen molar-refractivity contribution >= 4 is 0 Å². The second-order valence-corrected chi connectivity index (χ2v) is 7.61. The van der Waals surface area contributed by atoms with E-state index in [4.69, 9.17) is 9.05 Å². The first-order valence-corrected chi connectivity index (χ1v) is 9.80. The van der Waals surface area contributed by atoms with Crippen LogP contribution in [0.4, 0.5) is 0 Å². The molecule has 148 valence electrons. The first kappa shape index (κ1) is 18.8. The van der Waals surface area contributed by atoms with Gasteiger partial charge in [-0.1, -0.05) is 40.1 Å². The van der Waals surface area contributed by atoms with E-state index in [1.807, 2.05) is 26.0 Å². The molecule has 0 spiro atoms. The van der Waals surface area contributed by atoms with Gasteiger partial charge in [0.1, 0.15) is 5.76 Å². The highest BCUT2D eigenvalue weighted by molar-refractivity contribution is 5.54. The number of piperazine rings is 1. The molecule has 2 aromatic heterocycles. The SMILES string of the molecule is Cc1ccc(-c2noc(C(C)N3CCN(Cc4c(C)noc4C)CC3)n2)cc1. The van der Waals surface area contributed by atoms with Crippen LogP contribution in [-0.4, -0.2) is 51.3 Å². The van der Waals surface area contributed by atoms with Gasteiger partial charge in [-0.3, -0.25) is 9.80 Å². The molecular formula is C21H27N5O2. The van der Waals surface area contributed by atoms with E-state index in [-0.39, 0.29) is 6.04 Å². The van der Waals surface area contributed by atoms with Gasteiger partial charge in [-0.2, -0.15) is 4.98 Å². The van der Waals surface area contributed by atoms with E-state index in [1.54, 1.807) is 0 Å². The van der Waals surface area contributed by atoms with Gasteiger partial charge >= 0.3 is 0 Å². The summed E-state index contributed by atoms with van der Waals surface area (Å²) < 4.78 is 10.9. The molecule has 1 aliphatic rings. The number of rotatable bonds is 5. The van der Waals surface area contributed by atoms with Crippen molar-refractivity contribution in [1.29, 1.82) is 0 Å². The lowest BCUT2D eigenvalue weighted by Gasteiger charge is -2.36. The normalized spacial score (nSPS) is 17.1. The Morgan fingerprint density at radius 3 is 2.32 bits per heavy atom. The molecule has 7 heteroatoms. The van der Waals surface area contributed by atoms with Crippen LogP contribution in [0.25, 0.3) is 11.4 Å². The minimum absolute atomic E-state index is 0.105. The third kappa shape index (κ3) is 3.86. The minimum atomic E-state index is 0.105. The van der Waals surface area contributed by atoms with Crippen LogP contribution in [0.15, 0.2) is 33.3 Å². The minimum Gasteiger partial charge on any atom is -0.361 e. The van der Waals surface area contributed by atoms with Crippen molar-refractivity contribution in [2.75, 3.05) is 26.2 Å². The summed E-state index contributed by atoms with van der Waals surface area (Å²) in [5.74, 6) is 2.25. The predicted octanol–water partition coefficient (Wildman–Crippen LogP) is 3.53. The molecule has 1 saturated heterocycles. The summed E-state index contributed by atoms with van der Waals surface area (Å²) in [7, 11) is 0. The molecule has 0 N–H and O–H groups in total. The number of nitrogens with zero attached hydrogens (tertiary/aromatic N) is 5. The van der Waals surface area contributed by atoms with Crippen LogP contribution in [0.2, 0.25) is 0 Å². The second kappa shape index (κ2) is 7.85. The van der Waals surface area contributed by atoms with Crippen LogP contribution in [0.3, 0.4) is 0 Å². The van der Waals surface area contributed by atoms with Crippen LogP contribution in [0.5, 0.6) is 0 Å². The Morgan fingerprint density at radius 2 is 1.68 bits per heavy atom. The van der Waals surface area contributed by atoms with Crippen molar-refractivity contribution in [3.05, 3.63) is 52.7 Å². The van der Waals surface area contributed by atoms with Crippen molar-refractivity contribution in [3.8, 4) is 11.4 Å². The Hall–Kier alpha value is -2.51. The highest BCUT2D eigenvalue weighted by atomic mass is 16.5. The maximum absolute atomic E-state index is 5.57. The number of aryl methyl sites for hydroxylation is 3. The lowest BCUT2D eigenvalue weighted by molar-refractivity contribution is 0.0842. The van der Waals surface area contributed by atoms with Crippen molar-refractivity contribution in [2.45, 2.75) is 40.3 Å². The molecule has 3 heterocycles. The van der Waals surface area contributed by atoms with Crippen LogP contribution >= 0.6 is 0 Å². The smallest absolute Gasteiger partial charge is 0.244 e. The van der Waals surface area contributed by atoms with Gasteiger partial charge in [0.15, 0.2) is 0 Å². The fourth-order valence-electron chi connectivity index (χ4n) is 3.64. The zero-order valence-electron chi connectivity index (χ0n) is 17.0. The first-order valence-electron chi connectivity index (χ1n) is 9.80. The first-order chi connectivity index (χ1) is 13.5. The van der Waals surface area contributed by atoms with E-state index in [2.05, 4.69) is 51.1 Å². The Labute approximate surface area is 165 Å². The molecule has 0 saturated carbocycles. The molecule has 0 aliphatic carbocycles. The summed E-state index contributed by atoms with van der Waals surface area (Å²) in [6, 6.07) is 8.29. The third-order valence-electron chi connectivity index (χ3n) is 5.63. The molecule has 1 unspecified atom stereocenters. The average Bonchev–Trinajstić information content (AvgIpc) is 3.31. The van der Waals surface area contributed by atoms with Crippen LogP contribution in [0.1, 0.15) is 41.4 Å². The maximum Gasteiger partial charge on any atom is 0.244 e. The number of aromatic nitrogens is 3. The van der Waals surface area contributed by atoms with Gasteiger partial charge in [-0.15, -0.1) is 0 Å². The van der Waals surface area contributed by atoms with Gasteiger partial charge < -0.3 is 9.05 Å². The summed E-state index contributed by atoms with van der Waals surface area (Å²) in [6.45, 7) is 13.0. The summed E-state index contributed by atoms with van der Waals surface area (Å²) in [5, 5.41) is 8.23. The molecule has 7 nitrogen and oxygen atoms in total. The monoisotopic (exact) mass is 381 g/mol. The van der Waals surface area contributed by atoms with Crippen molar-refractivity contribution in [3.63, 3.8) is 0 Å². The van der Waals surface area contributed by atoms with Gasteiger partial charge in [0.25, 0.3) is 0 Å². The Balaban J connectivity index is 1.36. The molecule has 1 atom stereocenters. The predicted molar refractivity (Wildman–Crippen MR) is 106 cm³/mol. The van der Waals surface area contributed by atoms with E-state index < -0.39 is 0 Å². The zero-order chi connectivity index (χ0) is 19.7. The standard InChI is InChI=1S/C21H27N5O2/c1-14-5-7-18(8-6-14)20-22-21(28-24-20)16(3)26-11-9-25(10-12-26)13-19-15(2)23-27-17(19)4/h5-8,16H,9-13H2,1-4H3. The third-order valence-corrected chi connectivity index (χ3v) is 5.63. The molecule has 28 heavy (non-hydrogen) atoms. The molecule has 3 aromatic rings. The van der Waals surface area contributed by atoms with Crippen molar-refractivity contribution < 1.29 is 9.05 Å². The maximum atomic E-state index is 5.57. The number of hydrogen-bond donors (Lipinski definition) is 0. The lowest BCUT2D eigenvalue weighted by Crippen LogP contribution is -2.46. The average molecular weight is 381 g/mol. The van der Waals surface area contributed by atoms with Crippen molar-refractivity contribution in [2.24, 2.45) is 0 Å². The molecule has 1 aliphatic heterocycles. The Kier molecular flexibility index (Phi) is 5.28. The number of hydrogen-bond acceptors (Lipinski definition) is 7. The summed E-state index contributed by atoms with van der Waals surface area (Å²) in [4.78, 5) is 9.48. The van der Waals surface area contributed by atoms with Gasteiger partial charge in [0.2, 0.25) is 11.7 Å². The molecular weight excluding hydrogens is 354 g/mol. The summed E-state index contributed by atoms with van der Waals surface area (Å²) in [6.07, 6.45) is 0. The molecule has 4 rings (SSSR count). The fraction of sp³-hybridized carbons (Fsp3) is 0.476. The van der Waals surface area contributed by atoms with Crippen molar-refractivity contribution in [1.82, 2.24) is 25.1 Å². The van der Waals surface area contributed by atoms with E-state index in [1.165, 1.54) is 11.1 Å². The van der Waals surface area contributed by atoms with E-state index in [9.17, 15) is 0 Å². The van der Waals surface area contributed by atoms with Crippen LogP contribution < -0.4 is 0 Å². The zero-order valence-corrected chi connectivity index (χ0v) is 17.0. The van der Waals surface area contributed by atoms with Crippen LogP contribution in [-0.2, 0) is 6.54 Å². The van der Waals surface area contributed by atoms with Gasteiger partial charge in [-0.25, -0.2) is 0 Å². The Morgan fingerprint density at radius 1 is 0.964 bits per heavy atom. The van der Waals surface area contributed by atoms with Gasteiger partial charge in [-0.05, 0) is 27.7 Å². The molecule has 0 bridgehead atoms. The van der Waals surface area contributed by atoms with E-state index in [0.29, 0.717) is 11.7 Å². The van der Waals surface area contributed by atoms with Crippen LogP contribution in [0, 0.1) is 20.8 Å². The Bertz CT molecular complexity index is 903. The lowest BCUT2D eigenvalue weighted by atomic mass is 10.1. The number of benzene rings is 1. The quantitative estimate of drug-likeness (QED) is 0.669. The molecule has 1 fully saturated rings. The topological polar surface area (TPSA) is 71.4 Å². The summed E-state index contributed by atoms with van der Waals surface area (Å²) >= 11 is 0. The van der Waals surface area contributed by atoms with Gasteiger partial charge in [0, 0.05) is 43.9 Å². The second-order valence-electron chi connectivity index (χ2n) is 7.61. The largest absolute Gasteiger partial charge is 0.361 e. The van der Waals surface area contributed by atoms with E-state index in [0.717, 1.165) is 49.7 Å². The molecule has 1 aromatic carbocycles. The van der Waals surface area contributed by atoms with Gasteiger partial charge in [0.05, 0.1) is 11.7 Å². The fourth-order valence-corrected chi connectivity index (χ4v) is 3.64.